The Morgan fingerprint density at radius 2 is 0.588 bits per heavy atom. The number of rotatable bonds is 6. The fraction of sp³-hybridized carbons (Fsp3) is 0. The van der Waals surface area contributed by atoms with Gasteiger partial charge >= 0.3 is 17.4 Å². The van der Waals surface area contributed by atoms with Crippen molar-refractivity contribution in [3.63, 3.8) is 0 Å². The Morgan fingerprint density at radius 3 is 0.765 bits per heavy atom. The second-order valence-corrected chi connectivity index (χ2v) is 7.39. The van der Waals surface area contributed by atoms with E-state index in [9.17, 15) is 29.7 Å². The van der Waals surface area contributed by atoms with Crippen LogP contribution >= 0.6 is 0 Å². The van der Waals surface area contributed by atoms with Gasteiger partial charge in [-0.3, -0.25) is 0 Å². The molecule has 0 saturated carbocycles. The van der Waals surface area contributed by atoms with Crippen molar-refractivity contribution >= 4 is 35.3 Å². The third-order valence-corrected chi connectivity index (χ3v) is 5.29. The van der Waals surface area contributed by atoms with Gasteiger partial charge in [0.15, 0.2) is 0 Å². The Balaban J connectivity index is 0.00000324. The molecular formula is C27H15AlO6. The maximum Gasteiger partial charge on any atom is 3.00 e. The molecule has 34 heavy (non-hydrogen) atoms. The summed E-state index contributed by atoms with van der Waals surface area (Å²) in [5.74, 6) is -3.80. The average molecular weight is 462 g/mol. The minimum atomic E-state index is -1.27. The van der Waals surface area contributed by atoms with Gasteiger partial charge in [0, 0.05) is 0 Å². The Hall–Kier alpha value is -4.18. The van der Waals surface area contributed by atoms with Crippen molar-refractivity contribution in [2.45, 2.75) is 0 Å². The summed E-state index contributed by atoms with van der Waals surface area (Å²) in [6.07, 6.45) is 0. The van der Waals surface area contributed by atoms with Crippen LogP contribution in [0.5, 0.6) is 0 Å². The van der Waals surface area contributed by atoms with E-state index in [2.05, 4.69) is 0 Å². The van der Waals surface area contributed by atoms with Crippen molar-refractivity contribution in [3.8, 4) is 33.4 Å². The van der Waals surface area contributed by atoms with Crippen molar-refractivity contribution < 1.29 is 29.7 Å². The predicted molar refractivity (Wildman–Crippen MR) is 121 cm³/mol. The normalized spacial score (nSPS) is 10.2. The molecular weight excluding hydrogens is 447 g/mol. The summed E-state index contributed by atoms with van der Waals surface area (Å²) in [7, 11) is 0. The molecule has 0 unspecified atom stereocenters. The van der Waals surface area contributed by atoms with Crippen LogP contribution in [0.4, 0.5) is 0 Å². The van der Waals surface area contributed by atoms with E-state index >= 15 is 0 Å². The molecule has 0 amide bonds. The first-order valence-electron chi connectivity index (χ1n) is 9.92. The van der Waals surface area contributed by atoms with Gasteiger partial charge in [-0.2, -0.15) is 0 Å². The molecule has 0 aromatic heterocycles. The Morgan fingerprint density at radius 1 is 0.382 bits per heavy atom. The van der Waals surface area contributed by atoms with Crippen LogP contribution in [0.15, 0.2) is 91.0 Å². The SMILES string of the molecule is O=C([O-])c1ccc(-c2cc(-c3ccc(C(=O)[O-])cc3)cc(-c3ccc(C(=O)[O-])cc3)c2)cc1.[Al+3]. The van der Waals surface area contributed by atoms with Gasteiger partial charge in [-0.15, -0.1) is 0 Å². The second-order valence-electron chi connectivity index (χ2n) is 7.39. The summed E-state index contributed by atoms with van der Waals surface area (Å²) in [6.45, 7) is 0. The molecule has 4 aromatic carbocycles. The molecule has 0 radical (unpaired) electrons. The molecule has 0 bridgehead atoms. The van der Waals surface area contributed by atoms with Crippen molar-refractivity contribution in [1.29, 1.82) is 0 Å². The van der Waals surface area contributed by atoms with E-state index < -0.39 is 17.9 Å². The van der Waals surface area contributed by atoms with E-state index in [0.717, 1.165) is 33.4 Å². The number of carboxylic acid groups (broad SMARTS) is 3. The van der Waals surface area contributed by atoms with E-state index in [1.165, 1.54) is 36.4 Å². The first kappa shape index (κ1) is 24.5. The third-order valence-electron chi connectivity index (χ3n) is 5.29. The zero-order chi connectivity index (χ0) is 23.5. The Labute approximate surface area is 205 Å². The van der Waals surface area contributed by atoms with Crippen LogP contribution in [-0.2, 0) is 0 Å². The largest absolute Gasteiger partial charge is 3.00 e. The van der Waals surface area contributed by atoms with Gasteiger partial charge in [0.1, 0.15) is 0 Å². The smallest absolute Gasteiger partial charge is 0.545 e. The van der Waals surface area contributed by atoms with E-state index in [0.29, 0.717) is 0 Å². The van der Waals surface area contributed by atoms with Crippen LogP contribution < -0.4 is 15.3 Å². The maximum absolute atomic E-state index is 11.1. The molecule has 0 heterocycles. The van der Waals surface area contributed by atoms with Crippen molar-refractivity contribution in [2.24, 2.45) is 0 Å². The molecule has 0 atom stereocenters. The summed E-state index contributed by atoms with van der Waals surface area (Å²) >= 11 is 0. The zero-order valence-electron chi connectivity index (χ0n) is 17.7. The molecule has 0 aliphatic rings. The molecule has 0 aliphatic carbocycles. The first-order chi connectivity index (χ1) is 15.8. The topological polar surface area (TPSA) is 120 Å². The second kappa shape index (κ2) is 10.2. The van der Waals surface area contributed by atoms with Crippen LogP contribution in [0, 0.1) is 0 Å². The summed E-state index contributed by atoms with van der Waals surface area (Å²) in [4.78, 5) is 33.2. The van der Waals surface area contributed by atoms with Gasteiger partial charge < -0.3 is 29.7 Å². The van der Waals surface area contributed by atoms with Crippen LogP contribution in [0.2, 0.25) is 0 Å². The molecule has 0 N–H and O–H groups in total. The number of carboxylic acids is 3. The van der Waals surface area contributed by atoms with Gasteiger partial charge in [-0.25, -0.2) is 0 Å². The quantitative estimate of drug-likeness (QED) is 0.400. The van der Waals surface area contributed by atoms with E-state index in [4.69, 9.17) is 0 Å². The fourth-order valence-electron chi connectivity index (χ4n) is 3.52. The van der Waals surface area contributed by atoms with Crippen molar-refractivity contribution in [3.05, 3.63) is 108 Å². The summed E-state index contributed by atoms with van der Waals surface area (Å²) in [5.41, 5.74) is 4.85. The molecule has 4 aromatic rings. The predicted octanol–water partition coefficient (Wildman–Crippen LogP) is 1.40. The van der Waals surface area contributed by atoms with Gasteiger partial charge in [0.25, 0.3) is 0 Å². The number of aromatic carboxylic acids is 3. The number of benzene rings is 4. The minimum Gasteiger partial charge on any atom is -0.545 e. The van der Waals surface area contributed by atoms with Gasteiger partial charge in [-0.05, 0) is 68.3 Å². The molecule has 7 heteroatoms. The number of hydrogen-bond acceptors (Lipinski definition) is 6. The maximum atomic E-state index is 11.1. The van der Waals surface area contributed by atoms with Gasteiger partial charge in [-0.1, -0.05) is 72.8 Å². The van der Waals surface area contributed by atoms with Crippen molar-refractivity contribution in [1.82, 2.24) is 0 Å². The number of hydrogen-bond donors (Lipinski definition) is 0. The minimum absolute atomic E-state index is 0. The van der Waals surface area contributed by atoms with E-state index in [-0.39, 0.29) is 34.1 Å². The monoisotopic (exact) mass is 462 g/mol. The molecule has 6 nitrogen and oxygen atoms in total. The first-order valence-corrected chi connectivity index (χ1v) is 9.92. The van der Waals surface area contributed by atoms with E-state index in [1.54, 1.807) is 36.4 Å². The van der Waals surface area contributed by atoms with Gasteiger partial charge in [0.2, 0.25) is 0 Å². The molecule has 162 valence electrons. The summed E-state index contributed by atoms with van der Waals surface area (Å²) in [6, 6.07) is 24.5. The molecule has 0 fully saturated rings. The van der Waals surface area contributed by atoms with Crippen LogP contribution in [-0.4, -0.2) is 35.3 Å². The molecule has 0 aliphatic heterocycles. The molecule has 0 saturated heterocycles. The number of carbonyl (C=O) groups is 3. The van der Waals surface area contributed by atoms with Gasteiger partial charge in [0.05, 0.1) is 17.9 Å². The van der Waals surface area contributed by atoms with Crippen LogP contribution in [0.25, 0.3) is 33.4 Å². The Bertz CT molecular complexity index is 1180. The van der Waals surface area contributed by atoms with Crippen LogP contribution in [0.1, 0.15) is 31.1 Å². The summed E-state index contributed by atoms with van der Waals surface area (Å²) in [5, 5.41) is 33.2. The van der Waals surface area contributed by atoms with E-state index in [1.807, 2.05) is 18.2 Å². The third kappa shape index (κ3) is 5.24. The zero-order valence-corrected chi connectivity index (χ0v) is 18.8. The Kier molecular flexibility index (Phi) is 7.32. The molecule has 0 spiro atoms. The number of carbonyl (C=O) groups excluding carboxylic acids is 3. The standard InChI is InChI=1S/C27H18O6.Al/c28-25(29)19-7-1-16(2-8-19)22-13-23(17-3-9-20(10-4-17)26(30)31)15-24(14-22)18-5-11-21(12-6-18)27(32)33;/h1-15H,(H,28,29)(H,30,31)(H,32,33);/q;+3/p-3. The van der Waals surface area contributed by atoms with Crippen LogP contribution in [0.3, 0.4) is 0 Å². The average Bonchev–Trinajstić information content (AvgIpc) is 2.84. The molecule has 4 rings (SSSR count). The fourth-order valence-corrected chi connectivity index (χ4v) is 3.52. The van der Waals surface area contributed by atoms with Crippen molar-refractivity contribution in [2.75, 3.05) is 0 Å². The summed E-state index contributed by atoms with van der Waals surface area (Å²) < 4.78 is 0.